The Morgan fingerprint density at radius 3 is 2.44 bits per heavy atom. The molecule has 0 bridgehead atoms. The van der Waals surface area contributed by atoms with Gasteiger partial charge in [0.05, 0.1) is 34.0 Å². The molecule has 1 fully saturated rings. The zero-order chi connectivity index (χ0) is 22.8. The highest BCUT2D eigenvalue weighted by atomic mass is 16.5. The van der Waals surface area contributed by atoms with Crippen LogP contribution < -0.4 is 24.4 Å². The van der Waals surface area contributed by atoms with Crippen molar-refractivity contribution in [2.75, 3.05) is 44.7 Å². The smallest absolute Gasteiger partial charge is 0.208 e. The molecule has 32 heavy (non-hydrogen) atoms. The lowest BCUT2D eigenvalue weighted by Crippen LogP contribution is -2.34. The highest BCUT2D eigenvalue weighted by Crippen LogP contribution is 2.41. The van der Waals surface area contributed by atoms with Crippen molar-refractivity contribution in [3.63, 3.8) is 0 Å². The van der Waals surface area contributed by atoms with Gasteiger partial charge < -0.3 is 29.5 Å². The number of ether oxygens (including phenoxy) is 3. The Bertz CT molecular complexity index is 1070. The van der Waals surface area contributed by atoms with Gasteiger partial charge in [0.15, 0.2) is 28.5 Å². The Hall–Kier alpha value is -3.27. The topological polar surface area (TPSA) is 107 Å². The van der Waals surface area contributed by atoms with E-state index >= 15 is 0 Å². The van der Waals surface area contributed by atoms with Crippen LogP contribution in [0, 0.1) is 0 Å². The highest BCUT2D eigenvalue weighted by molar-refractivity contribution is 5.88. The van der Waals surface area contributed by atoms with Crippen molar-refractivity contribution in [3.05, 3.63) is 18.5 Å². The van der Waals surface area contributed by atoms with E-state index in [2.05, 4.69) is 38.6 Å². The summed E-state index contributed by atoms with van der Waals surface area (Å²) in [5, 5.41) is 13.2. The Morgan fingerprint density at radius 2 is 1.84 bits per heavy atom. The number of benzene rings is 1. The average Bonchev–Trinajstić information content (AvgIpc) is 3.42. The first-order valence-corrected chi connectivity index (χ1v) is 10.7. The number of nitrogens with one attached hydrogen (secondary N) is 1. The summed E-state index contributed by atoms with van der Waals surface area (Å²) in [4.78, 5) is 16.1. The average molecular weight is 443 g/mol. The van der Waals surface area contributed by atoms with Crippen molar-refractivity contribution in [3.8, 4) is 17.2 Å². The minimum absolute atomic E-state index is 0.0591. The molecule has 1 saturated heterocycles. The second-order valence-electron chi connectivity index (χ2n) is 7.98. The van der Waals surface area contributed by atoms with E-state index < -0.39 is 0 Å². The first kappa shape index (κ1) is 21.9. The van der Waals surface area contributed by atoms with Crippen LogP contribution in [-0.2, 0) is 0 Å². The van der Waals surface area contributed by atoms with Gasteiger partial charge in [-0.3, -0.25) is 4.57 Å². The number of aliphatic hydroxyl groups is 1. The summed E-state index contributed by atoms with van der Waals surface area (Å²) in [5.41, 5.74) is 2.12. The van der Waals surface area contributed by atoms with Gasteiger partial charge in [0, 0.05) is 30.4 Å². The minimum Gasteiger partial charge on any atom is -0.493 e. The van der Waals surface area contributed by atoms with Gasteiger partial charge in [0.2, 0.25) is 11.7 Å². The largest absolute Gasteiger partial charge is 0.493 e. The zero-order valence-corrected chi connectivity index (χ0v) is 19.1. The first-order valence-electron chi connectivity index (χ1n) is 10.7. The molecule has 0 spiro atoms. The van der Waals surface area contributed by atoms with Gasteiger partial charge in [-0.1, -0.05) is 0 Å². The number of hydrogen-bond donors (Lipinski definition) is 2. The van der Waals surface area contributed by atoms with Gasteiger partial charge >= 0.3 is 0 Å². The van der Waals surface area contributed by atoms with Crippen molar-refractivity contribution in [2.45, 2.75) is 38.8 Å². The molecule has 0 saturated carbocycles. The number of methoxy groups -OCH3 is 3. The monoisotopic (exact) mass is 442 g/mol. The maximum atomic E-state index is 9.84. The second-order valence-corrected chi connectivity index (χ2v) is 7.98. The summed E-state index contributed by atoms with van der Waals surface area (Å²) in [6.45, 7) is 5.15. The Balaban J connectivity index is 1.80. The predicted molar refractivity (Wildman–Crippen MR) is 123 cm³/mol. The molecule has 3 aromatic rings. The maximum absolute atomic E-state index is 9.84. The van der Waals surface area contributed by atoms with Crippen molar-refractivity contribution in [1.82, 2.24) is 19.5 Å². The lowest BCUT2D eigenvalue weighted by molar-refractivity contribution is 0.265. The maximum Gasteiger partial charge on any atom is 0.208 e. The number of nitrogens with zero attached hydrogens (tertiary/aromatic N) is 5. The highest BCUT2D eigenvalue weighted by Gasteiger charge is 2.30. The van der Waals surface area contributed by atoms with Crippen molar-refractivity contribution >= 4 is 28.6 Å². The molecule has 0 radical (unpaired) electrons. The molecule has 10 heteroatoms. The molecule has 0 aliphatic carbocycles. The quantitative estimate of drug-likeness (QED) is 0.544. The van der Waals surface area contributed by atoms with E-state index in [1.807, 2.05) is 12.1 Å². The van der Waals surface area contributed by atoms with Gasteiger partial charge in [0.1, 0.15) is 6.33 Å². The lowest BCUT2D eigenvalue weighted by atomic mass is 10.2. The Morgan fingerprint density at radius 1 is 1.12 bits per heavy atom. The number of hydrogen-bond acceptors (Lipinski definition) is 9. The van der Waals surface area contributed by atoms with Crippen LogP contribution in [-0.4, -0.2) is 65.1 Å². The van der Waals surface area contributed by atoms with Gasteiger partial charge in [-0.2, -0.15) is 0 Å². The fraction of sp³-hybridized carbons (Fsp3) is 0.500. The molecular weight excluding hydrogens is 412 g/mol. The number of aromatic nitrogens is 4. The van der Waals surface area contributed by atoms with Crippen LogP contribution in [0.15, 0.2) is 18.5 Å². The molecule has 10 nitrogen and oxygen atoms in total. The van der Waals surface area contributed by atoms with Crippen LogP contribution in [0.25, 0.3) is 11.2 Å². The fourth-order valence-electron chi connectivity index (χ4n) is 4.25. The fourth-order valence-corrected chi connectivity index (χ4v) is 4.25. The van der Waals surface area contributed by atoms with Crippen LogP contribution in [0.4, 0.5) is 17.5 Å². The number of rotatable bonds is 8. The van der Waals surface area contributed by atoms with E-state index in [9.17, 15) is 5.11 Å². The number of imidazole rings is 1. The van der Waals surface area contributed by atoms with E-state index in [4.69, 9.17) is 19.2 Å². The molecule has 172 valence electrons. The van der Waals surface area contributed by atoms with Crippen molar-refractivity contribution in [2.24, 2.45) is 0 Å². The number of anilines is 3. The third kappa shape index (κ3) is 3.75. The van der Waals surface area contributed by atoms with Crippen molar-refractivity contribution in [1.29, 1.82) is 0 Å². The molecule has 0 amide bonds. The van der Waals surface area contributed by atoms with E-state index in [1.165, 1.54) is 6.33 Å². The first-order chi connectivity index (χ1) is 15.5. The zero-order valence-electron chi connectivity index (χ0n) is 19.1. The van der Waals surface area contributed by atoms with Crippen LogP contribution in [0.5, 0.6) is 17.2 Å². The molecular formula is C22H30N6O4. The molecule has 3 heterocycles. The van der Waals surface area contributed by atoms with Crippen LogP contribution >= 0.6 is 0 Å². The van der Waals surface area contributed by atoms with Gasteiger partial charge in [-0.15, -0.1) is 0 Å². The third-order valence-electron chi connectivity index (χ3n) is 5.75. The van der Waals surface area contributed by atoms with Crippen LogP contribution in [0.1, 0.15) is 32.7 Å². The second kappa shape index (κ2) is 9.07. The molecule has 2 aromatic heterocycles. The summed E-state index contributed by atoms with van der Waals surface area (Å²) < 4.78 is 18.4. The summed E-state index contributed by atoms with van der Waals surface area (Å²) >= 11 is 0. The predicted octanol–water partition coefficient (Wildman–Crippen LogP) is 3.14. The molecule has 1 unspecified atom stereocenters. The lowest BCUT2D eigenvalue weighted by Gasteiger charge is -2.26. The van der Waals surface area contributed by atoms with E-state index in [1.54, 1.807) is 21.3 Å². The molecule has 1 aromatic carbocycles. The molecule has 1 aliphatic heterocycles. The SMILES string of the molecule is COc1cc(Nc2ncnc3c2nc(N2CCCC2CO)n3C(C)C)cc(OC)c1OC. The van der Waals surface area contributed by atoms with Crippen LogP contribution in [0.2, 0.25) is 0 Å². The summed E-state index contributed by atoms with van der Waals surface area (Å²) in [6, 6.07) is 3.83. The normalized spacial score (nSPS) is 16.1. The van der Waals surface area contributed by atoms with Gasteiger partial charge in [0.25, 0.3) is 0 Å². The molecule has 1 atom stereocenters. The van der Waals surface area contributed by atoms with E-state index in [0.29, 0.717) is 28.6 Å². The summed E-state index contributed by atoms with van der Waals surface area (Å²) in [7, 11) is 4.72. The molecule has 1 aliphatic rings. The summed E-state index contributed by atoms with van der Waals surface area (Å²) in [6.07, 6.45) is 3.50. The van der Waals surface area contributed by atoms with Crippen LogP contribution in [0.3, 0.4) is 0 Å². The Kier molecular flexibility index (Phi) is 6.22. The number of fused-ring (bicyclic) bond motifs is 1. The van der Waals surface area contributed by atoms with E-state index in [-0.39, 0.29) is 18.7 Å². The number of aliphatic hydroxyl groups excluding tert-OH is 1. The molecule has 2 N–H and O–H groups in total. The minimum atomic E-state index is 0.0591. The Labute approximate surface area is 187 Å². The van der Waals surface area contributed by atoms with Crippen molar-refractivity contribution < 1.29 is 19.3 Å². The summed E-state index contributed by atoms with van der Waals surface area (Å²) in [5.74, 6) is 2.97. The standard InChI is InChI=1S/C22H30N6O4/c1-13(2)28-21-18(26-22(28)27-8-6-7-15(27)11-29)20(23-12-24-21)25-14-9-16(30-3)19(32-5)17(10-14)31-4/h9-10,12-13,15,29H,6-8,11H2,1-5H3,(H,23,24,25). The van der Waals surface area contributed by atoms with E-state index in [0.717, 1.165) is 36.7 Å². The van der Waals surface area contributed by atoms with Gasteiger partial charge in [-0.05, 0) is 26.7 Å². The molecule has 4 rings (SSSR count). The third-order valence-corrected chi connectivity index (χ3v) is 5.75. The van der Waals surface area contributed by atoms with Gasteiger partial charge in [-0.25, -0.2) is 15.0 Å².